The molecule has 0 spiro atoms. The first-order valence-electron chi connectivity index (χ1n) is 11.0. The van der Waals surface area contributed by atoms with E-state index < -0.39 is 23.7 Å². The van der Waals surface area contributed by atoms with Crippen molar-refractivity contribution in [2.24, 2.45) is 0 Å². The molecule has 8 nitrogen and oxygen atoms in total. The van der Waals surface area contributed by atoms with Gasteiger partial charge in [0.2, 0.25) is 0 Å². The summed E-state index contributed by atoms with van der Waals surface area (Å²) in [5.41, 5.74) is 2.25. The summed E-state index contributed by atoms with van der Waals surface area (Å²) in [5, 5.41) is 11.4. The average Bonchev–Trinajstić information content (AvgIpc) is 3.39. The van der Waals surface area contributed by atoms with Crippen molar-refractivity contribution >= 4 is 39.9 Å². The molecule has 36 heavy (non-hydrogen) atoms. The lowest BCUT2D eigenvalue weighted by Crippen LogP contribution is -2.29. The summed E-state index contributed by atoms with van der Waals surface area (Å²) < 4.78 is 10.3. The first kappa shape index (κ1) is 24.9. The number of aryl methyl sites for hydroxylation is 2. The van der Waals surface area contributed by atoms with Gasteiger partial charge in [-0.15, -0.1) is 0 Å². The van der Waals surface area contributed by atoms with E-state index in [4.69, 9.17) is 9.47 Å². The number of thiazole rings is 1. The standard InChI is InChI=1S/C27H24N2O6S/c1-5-14-35-19-12-10-18(11-13-19)22(30)20-21(17-8-6-15(2)7-9-17)29(25(32)23(20)31)27-28-16(3)24(36-27)26(33)34-4/h5-13,21,30H,1,14H2,2-4H3/b22-20+. The number of aliphatic hydroxyl groups is 1. The first-order chi connectivity index (χ1) is 17.3. The second-order valence-corrected chi connectivity index (χ2v) is 9.08. The van der Waals surface area contributed by atoms with E-state index in [0.717, 1.165) is 16.9 Å². The van der Waals surface area contributed by atoms with Crippen LogP contribution in [0, 0.1) is 13.8 Å². The lowest BCUT2D eigenvalue weighted by Gasteiger charge is -2.23. The maximum atomic E-state index is 13.3. The van der Waals surface area contributed by atoms with E-state index >= 15 is 0 Å². The second-order valence-electron chi connectivity index (χ2n) is 8.11. The lowest BCUT2D eigenvalue weighted by atomic mass is 9.95. The summed E-state index contributed by atoms with van der Waals surface area (Å²) in [6.45, 7) is 7.48. The second kappa shape index (κ2) is 10.2. The minimum absolute atomic E-state index is 0.0731. The molecule has 1 aliphatic rings. The van der Waals surface area contributed by atoms with Crippen LogP contribution in [0.3, 0.4) is 0 Å². The topological polar surface area (TPSA) is 106 Å². The van der Waals surface area contributed by atoms with E-state index in [1.165, 1.54) is 12.0 Å². The normalized spacial score (nSPS) is 16.8. The van der Waals surface area contributed by atoms with Crippen LogP contribution in [0.25, 0.3) is 5.76 Å². The zero-order valence-electron chi connectivity index (χ0n) is 20.0. The number of benzene rings is 2. The molecule has 1 amide bonds. The van der Waals surface area contributed by atoms with Crippen LogP contribution in [0.2, 0.25) is 0 Å². The number of amides is 1. The number of carbonyl (C=O) groups is 3. The number of anilines is 1. The van der Waals surface area contributed by atoms with E-state index in [9.17, 15) is 19.5 Å². The molecule has 0 bridgehead atoms. The third-order valence-corrected chi connectivity index (χ3v) is 6.83. The largest absolute Gasteiger partial charge is 0.507 e. The van der Waals surface area contributed by atoms with Crippen molar-refractivity contribution in [3.63, 3.8) is 0 Å². The Hall–Kier alpha value is -4.24. The molecule has 0 aliphatic carbocycles. The van der Waals surface area contributed by atoms with Crippen molar-refractivity contribution < 1.29 is 29.0 Å². The summed E-state index contributed by atoms with van der Waals surface area (Å²) in [4.78, 5) is 44.6. The predicted octanol–water partition coefficient (Wildman–Crippen LogP) is 4.74. The number of methoxy groups -OCH3 is 1. The van der Waals surface area contributed by atoms with Gasteiger partial charge in [0.05, 0.1) is 24.4 Å². The minimum Gasteiger partial charge on any atom is -0.507 e. The summed E-state index contributed by atoms with van der Waals surface area (Å²) >= 11 is 0.954. The van der Waals surface area contributed by atoms with Crippen molar-refractivity contribution in [1.82, 2.24) is 4.98 Å². The number of carbonyl (C=O) groups excluding carboxylic acids is 3. The lowest BCUT2D eigenvalue weighted by molar-refractivity contribution is -0.132. The zero-order chi connectivity index (χ0) is 26.0. The molecule has 3 aromatic rings. The highest BCUT2D eigenvalue weighted by Gasteiger charge is 2.48. The minimum atomic E-state index is -0.946. The highest BCUT2D eigenvalue weighted by molar-refractivity contribution is 7.17. The molecule has 0 radical (unpaired) electrons. The molecule has 2 aromatic carbocycles. The Bertz CT molecular complexity index is 1370. The number of hydrogen-bond donors (Lipinski definition) is 1. The number of Topliss-reactive ketones (excluding diaryl/α,β-unsaturated/α-hetero) is 1. The number of nitrogens with zero attached hydrogens (tertiary/aromatic N) is 2. The Morgan fingerprint density at radius 2 is 1.81 bits per heavy atom. The molecule has 0 saturated carbocycles. The van der Waals surface area contributed by atoms with E-state index in [1.54, 1.807) is 49.4 Å². The van der Waals surface area contributed by atoms with Gasteiger partial charge in [0.1, 0.15) is 23.0 Å². The fraction of sp³-hybridized carbons (Fsp3) is 0.185. The van der Waals surface area contributed by atoms with Crippen molar-refractivity contribution in [2.45, 2.75) is 19.9 Å². The van der Waals surface area contributed by atoms with Crippen LogP contribution < -0.4 is 9.64 Å². The summed E-state index contributed by atoms with van der Waals surface area (Å²) in [6.07, 6.45) is 1.61. The van der Waals surface area contributed by atoms with Crippen molar-refractivity contribution in [3.8, 4) is 5.75 Å². The van der Waals surface area contributed by atoms with E-state index in [-0.39, 0.29) is 21.3 Å². The molecule has 9 heteroatoms. The summed E-state index contributed by atoms with van der Waals surface area (Å²) in [7, 11) is 1.26. The molecule has 1 N–H and O–H groups in total. The highest BCUT2D eigenvalue weighted by Crippen LogP contribution is 2.44. The number of esters is 1. The van der Waals surface area contributed by atoms with Gasteiger partial charge in [-0.2, -0.15) is 0 Å². The molecule has 1 unspecified atom stereocenters. The van der Waals surface area contributed by atoms with Crippen LogP contribution in [0.1, 0.15) is 38.1 Å². The summed E-state index contributed by atoms with van der Waals surface area (Å²) in [6, 6.07) is 12.9. The van der Waals surface area contributed by atoms with Gasteiger partial charge < -0.3 is 14.6 Å². The number of aromatic nitrogens is 1. The molecule has 1 atom stereocenters. The SMILES string of the molecule is C=CCOc1ccc(/C(O)=C2\C(=O)C(=O)N(c3nc(C)c(C(=O)OC)s3)C2c2ccc(C)cc2)cc1. The Morgan fingerprint density at radius 1 is 1.14 bits per heavy atom. The molecule has 184 valence electrons. The fourth-order valence-electron chi connectivity index (χ4n) is 3.88. The van der Waals surface area contributed by atoms with Gasteiger partial charge in [0, 0.05) is 5.56 Å². The monoisotopic (exact) mass is 504 g/mol. The van der Waals surface area contributed by atoms with Gasteiger partial charge in [-0.05, 0) is 43.7 Å². The molecule has 1 saturated heterocycles. The van der Waals surface area contributed by atoms with Gasteiger partial charge >= 0.3 is 11.9 Å². The third-order valence-electron chi connectivity index (χ3n) is 5.70. The Morgan fingerprint density at radius 3 is 2.42 bits per heavy atom. The quantitative estimate of drug-likeness (QED) is 0.163. The Balaban J connectivity index is 1.86. The number of hydrogen-bond acceptors (Lipinski definition) is 8. The fourth-order valence-corrected chi connectivity index (χ4v) is 4.89. The van der Waals surface area contributed by atoms with Gasteiger partial charge in [-0.25, -0.2) is 9.78 Å². The summed E-state index contributed by atoms with van der Waals surface area (Å²) in [5.74, 6) is -2.04. The Labute approximate surface area is 212 Å². The Kier molecular flexibility index (Phi) is 7.03. The molecule has 1 aliphatic heterocycles. The first-order valence-corrected chi connectivity index (χ1v) is 11.9. The van der Waals surface area contributed by atoms with Gasteiger partial charge in [0.15, 0.2) is 5.13 Å². The molecule has 1 aromatic heterocycles. The molecule has 1 fully saturated rings. The predicted molar refractivity (Wildman–Crippen MR) is 136 cm³/mol. The average molecular weight is 505 g/mol. The van der Waals surface area contributed by atoms with E-state index in [2.05, 4.69) is 11.6 Å². The maximum Gasteiger partial charge on any atom is 0.350 e. The molecule has 2 heterocycles. The van der Waals surface area contributed by atoms with Crippen LogP contribution in [0.4, 0.5) is 5.13 Å². The smallest absolute Gasteiger partial charge is 0.350 e. The van der Waals surface area contributed by atoms with Gasteiger partial charge in [-0.3, -0.25) is 14.5 Å². The highest BCUT2D eigenvalue weighted by atomic mass is 32.1. The number of ether oxygens (including phenoxy) is 2. The molecular formula is C27H24N2O6S. The maximum absolute atomic E-state index is 13.3. The molecular weight excluding hydrogens is 480 g/mol. The van der Waals surface area contributed by atoms with E-state index in [0.29, 0.717) is 29.2 Å². The van der Waals surface area contributed by atoms with Crippen molar-refractivity contribution in [2.75, 3.05) is 18.6 Å². The third kappa shape index (κ3) is 4.52. The van der Waals surface area contributed by atoms with Gasteiger partial charge in [0.25, 0.3) is 5.78 Å². The van der Waals surface area contributed by atoms with Gasteiger partial charge in [-0.1, -0.05) is 53.8 Å². The van der Waals surface area contributed by atoms with Crippen LogP contribution in [0.5, 0.6) is 5.75 Å². The number of rotatable bonds is 7. The van der Waals surface area contributed by atoms with Crippen LogP contribution in [0.15, 0.2) is 66.8 Å². The molecule has 4 rings (SSSR count). The zero-order valence-corrected chi connectivity index (χ0v) is 20.8. The number of ketones is 1. The van der Waals surface area contributed by atoms with Crippen LogP contribution in [-0.4, -0.2) is 41.5 Å². The van der Waals surface area contributed by atoms with Crippen LogP contribution >= 0.6 is 11.3 Å². The van der Waals surface area contributed by atoms with Crippen LogP contribution in [-0.2, 0) is 14.3 Å². The van der Waals surface area contributed by atoms with Crippen molar-refractivity contribution in [3.05, 3.63) is 94.0 Å². The van der Waals surface area contributed by atoms with Crippen molar-refractivity contribution in [1.29, 1.82) is 0 Å². The van der Waals surface area contributed by atoms with E-state index in [1.807, 2.05) is 19.1 Å². The number of aliphatic hydroxyl groups excluding tert-OH is 1.